The van der Waals surface area contributed by atoms with Crippen LogP contribution in [-0.4, -0.2) is 25.0 Å². The van der Waals surface area contributed by atoms with E-state index in [0.29, 0.717) is 12.6 Å². The highest BCUT2D eigenvalue weighted by molar-refractivity contribution is 6.30. The van der Waals surface area contributed by atoms with Crippen molar-refractivity contribution in [3.8, 4) is 0 Å². The number of anilines is 1. The Kier molecular flexibility index (Phi) is 2.28. The van der Waals surface area contributed by atoms with Crippen LogP contribution in [0.1, 0.15) is 12.0 Å². The summed E-state index contributed by atoms with van der Waals surface area (Å²) in [5, 5.41) is 3.65. The molecule has 3 nitrogen and oxygen atoms in total. The molecule has 84 valence electrons. The smallest absolute Gasteiger partial charge is 0.239 e. The third-order valence-electron chi connectivity index (χ3n) is 3.39. The third-order valence-corrected chi connectivity index (χ3v) is 3.63. The maximum absolute atomic E-state index is 11.4. The molecule has 0 radical (unpaired) electrons. The van der Waals surface area contributed by atoms with Gasteiger partial charge in [-0.3, -0.25) is 4.79 Å². The Balaban J connectivity index is 2.02. The molecule has 1 amide bonds. The maximum Gasteiger partial charge on any atom is 0.239 e. The highest BCUT2D eigenvalue weighted by Gasteiger charge is 2.31. The van der Waals surface area contributed by atoms with E-state index in [1.165, 1.54) is 5.56 Å². The van der Waals surface area contributed by atoms with Gasteiger partial charge in [0.2, 0.25) is 5.91 Å². The van der Waals surface area contributed by atoms with Crippen LogP contribution in [0.5, 0.6) is 0 Å². The number of hydrogen-bond donors (Lipinski definition) is 1. The summed E-state index contributed by atoms with van der Waals surface area (Å²) in [4.78, 5) is 13.6. The number of rotatable bonds is 0. The van der Waals surface area contributed by atoms with Crippen LogP contribution in [0.2, 0.25) is 5.02 Å². The Morgan fingerprint density at radius 2 is 2.31 bits per heavy atom. The van der Waals surface area contributed by atoms with Crippen LogP contribution in [0.15, 0.2) is 18.2 Å². The topological polar surface area (TPSA) is 32.3 Å². The van der Waals surface area contributed by atoms with Gasteiger partial charge >= 0.3 is 0 Å². The second-order valence-corrected chi connectivity index (χ2v) is 4.83. The van der Waals surface area contributed by atoms with E-state index >= 15 is 0 Å². The van der Waals surface area contributed by atoms with E-state index in [0.717, 1.165) is 30.1 Å². The number of benzene rings is 1. The summed E-state index contributed by atoms with van der Waals surface area (Å²) >= 11 is 6.02. The van der Waals surface area contributed by atoms with E-state index < -0.39 is 0 Å². The molecule has 2 aliphatic rings. The SMILES string of the molecule is O=C1CN2c3cc(Cl)ccc3CCC2CN1. The van der Waals surface area contributed by atoms with Gasteiger partial charge in [0.15, 0.2) is 0 Å². The van der Waals surface area contributed by atoms with Gasteiger partial charge in [-0.2, -0.15) is 0 Å². The predicted octanol–water partition coefficient (Wildman–Crippen LogP) is 1.59. The van der Waals surface area contributed by atoms with Crippen LogP contribution in [0.4, 0.5) is 5.69 Å². The fourth-order valence-corrected chi connectivity index (χ4v) is 2.73. The predicted molar refractivity (Wildman–Crippen MR) is 63.9 cm³/mol. The van der Waals surface area contributed by atoms with Gasteiger partial charge in [0.05, 0.1) is 6.54 Å². The van der Waals surface area contributed by atoms with Crippen LogP contribution in [-0.2, 0) is 11.2 Å². The van der Waals surface area contributed by atoms with E-state index in [1.54, 1.807) is 0 Å². The Morgan fingerprint density at radius 3 is 3.19 bits per heavy atom. The highest BCUT2D eigenvalue weighted by atomic mass is 35.5. The standard InChI is InChI=1S/C12H13ClN2O/c13-9-3-1-8-2-4-10-6-14-12(16)7-15(10)11(8)5-9/h1,3,5,10H,2,4,6-7H2,(H,14,16). The molecule has 4 heteroatoms. The number of nitrogens with one attached hydrogen (secondary N) is 1. The van der Waals surface area contributed by atoms with Crippen molar-refractivity contribution in [2.75, 3.05) is 18.0 Å². The zero-order valence-corrected chi connectivity index (χ0v) is 9.63. The number of nitrogens with zero attached hydrogens (tertiary/aromatic N) is 1. The van der Waals surface area contributed by atoms with Gasteiger partial charge in [0.1, 0.15) is 0 Å². The van der Waals surface area contributed by atoms with Gasteiger partial charge in [-0.25, -0.2) is 0 Å². The van der Waals surface area contributed by atoms with Gasteiger partial charge in [-0.1, -0.05) is 17.7 Å². The van der Waals surface area contributed by atoms with Gasteiger partial charge in [0.25, 0.3) is 0 Å². The fraction of sp³-hybridized carbons (Fsp3) is 0.417. The Labute approximate surface area is 99.4 Å². The van der Waals surface area contributed by atoms with Crippen molar-refractivity contribution >= 4 is 23.2 Å². The second-order valence-electron chi connectivity index (χ2n) is 4.40. The molecule has 0 saturated carbocycles. The van der Waals surface area contributed by atoms with Crippen molar-refractivity contribution in [1.29, 1.82) is 0 Å². The Morgan fingerprint density at radius 1 is 1.44 bits per heavy atom. The average Bonchev–Trinajstić information content (AvgIpc) is 2.29. The number of amides is 1. The number of carbonyl (C=O) groups is 1. The minimum absolute atomic E-state index is 0.101. The minimum Gasteiger partial charge on any atom is -0.357 e. The van der Waals surface area contributed by atoms with Crippen molar-refractivity contribution in [2.24, 2.45) is 0 Å². The molecule has 0 bridgehead atoms. The normalized spacial score (nSPS) is 23.4. The lowest BCUT2D eigenvalue weighted by Gasteiger charge is -2.41. The number of carbonyl (C=O) groups excluding carboxylic acids is 1. The van der Waals surface area contributed by atoms with Gasteiger partial charge in [0, 0.05) is 23.3 Å². The first kappa shape index (κ1) is 9.97. The number of fused-ring (bicyclic) bond motifs is 3. The van der Waals surface area contributed by atoms with Crippen LogP contribution in [0.25, 0.3) is 0 Å². The summed E-state index contributed by atoms with van der Waals surface area (Å²) in [6.45, 7) is 1.21. The monoisotopic (exact) mass is 236 g/mol. The fourth-order valence-electron chi connectivity index (χ4n) is 2.56. The molecule has 16 heavy (non-hydrogen) atoms. The molecule has 2 heterocycles. The molecule has 1 aromatic carbocycles. The largest absolute Gasteiger partial charge is 0.357 e. The summed E-state index contributed by atoms with van der Waals surface area (Å²) in [6.07, 6.45) is 2.18. The Hall–Kier alpha value is -1.22. The van der Waals surface area contributed by atoms with Crippen molar-refractivity contribution in [3.05, 3.63) is 28.8 Å². The quantitative estimate of drug-likeness (QED) is 0.742. The molecule has 1 fully saturated rings. The lowest BCUT2D eigenvalue weighted by molar-refractivity contribution is -0.120. The van der Waals surface area contributed by atoms with Crippen LogP contribution < -0.4 is 10.2 Å². The van der Waals surface area contributed by atoms with E-state index in [2.05, 4.69) is 16.3 Å². The molecule has 1 saturated heterocycles. The summed E-state index contributed by atoms with van der Waals surface area (Å²) in [5.74, 6) is 0.101. The number of piperazine rings is 1. The first-order chi connectivity index (χ1) is 7.74. The van der Waals surface area contributed by atoms with E-state index in [9.17, 15) is 4.79 Å². The van der Waals surface area contributed by atoms with Gasteiger partial charge in [-0.05, 0) is 30.5 Å². The maximum atomic E-state index is 11.4. The molecule has 0 aliphatic carbocycles. The van der Waals surface area contributed by atoms with Crippen molar-refractivity contribution in [2.45, 2.75) is 18.9 Å². The summed E-state index contributed by atoms with van der Waals surface area (Å²) < 4.78 is 0. The molecule has 1 atom stereocenters. The van der Waals surface area contributed by atoms with E-state index in [-0.39, 0.29) is 5.91 Å². The summed E-state index contributed by atoms with van der Waals surface area (Å²) in [6, 6.07) is 6.40. The highest BCUT2D eigenvalue weighted by Crippen LogP contribution is 2.33. The zero-order chi connectivity index (χ0) is 11.1. The van der Waals surface area contributed by atoms with Gasteiger partial charge < -0.3 is 10.2 Å². The molecule has 2 aliphatic heterocycles. The lowest BCUT2D eigenvalue weighted by atomic mass is 9.94. The molecule has 1 aromatic rings. The number of aryl methyl sites for hydroxylation is 1. The molecule has 0 aromatic heterocycles. The van der Waals surface area contributed by atoms with Crippen molar-refractivity contribution < 1.29 is 4.79 Å². The third kappa shape index (κ3) is 1.55. The summed E-state index contributed by atoms with van der Waals surface area (Å²) in [5.41, 5.74) is 2.44. The molecule has 1 N–H and O–H groups in total. The van der Waals surface area contributed by atoms with Crippen LogP contribution >= 0.6 is 11.6 Å². The molecule has 1 unspecified atom stereocenters. The first-order valence-corrected chi connectivity index (χ1v) is 5.93. The lowest BCUT2D eigenvalue weighted by Crippen LogP contribution is -2.56. The summed E-state index contributed by atoms with van der Waals surface area (Å²) in [7, 11) is 0. The van der Waals surface area contributed by atoms with Crippen LogP contribution in [0.3, 0.4) is 0 Å². The van der Waals surface area contributed by atoms with Crippen molar-refractivity contribution in [3.63, 3.8) is 0 Å². The first-order valence-electron chi connectivity index (χ1n) is 5.56. The molecule has 0 spiro atoms. The second kappa shape index (κ2) is 3.67. The van der Waals surface area contributed by atoms with Crippen molar-refractivity contribution in [1.82, 2.24) is 5.32 Å². The molecule has 3 rings (SSSR count). The van der Waals surface area contributed by atoms with Crippen LogP contribution in [0, 0.1) is 0 Å². The number of hydrogen-bond acceptors (Lipinski definition) is 2. The zero-order valence-electron chi connectivity index (χ0n) is 8.87. The Bertz CT molecular complexity index is 447. The molecular weight excluding hydrogens is 224 g/mol. The van der Waals surface area contributed by atoms with E-state index in [1.807, 2.05) is 12.1 Å². The van der Waals surface area contributed by atoms with Gasteiger partial charge in [-0.15, -0.1) is 0 Å². The average molecular weight is 237 g/mol. The number of halogens is 1. The minimum atomic E-state index is 0.101. The van der Waals surface area contributed by atoms with E-state index in [4.69, 9.17) is 11.6 Å². The molecular formula is C12H13ClN2O.